The lowest BCUT2D eigenvalue weighted by Gasteiger charge is -2.26. The lowest BCUT2D eigenvalue weighted by Crippen LogP contribution is -2.10. The third-order valence-electron chi connectivity index (χ3n) is 11.3. The highest BCUT2D eigenvalue weighted by Gasteiger charge is 2.18. The quantitative estimate of drug-likeness (QED) is 0.159. The van der Waals surface area contributed by atoms with Gasteiger partial charge in [0.25, 0.3) is 0 Å². The van der Waals surface area contributed by atoms with Crippen LogP contribution in [0, 0.1) is 0 Å². The van der Waals surface area contributed by atoms with Crippen LogP contribution in [0.4, 0.5) is 17.1 Å². The molecule has 0 aliphatic carbocycles. The van der Waals surface area contributed by atoms with Crippen molar-refractivity contribution >= 4 is 60.7 Å². The molecule has 0 fully saturated rings. The van der Waals surface area contributed by atoms with E-state index in [4.69, 9.17) is 0 Å². The van der Waals surface area contributed by atoms with E-state index >= 15 is 0 Å². The molecule has 3 heteroatoms. The van der Waals surface area contributed by atoms with Crippen LogP contribution < -0.4 is 4.90 Å². The molecule has 0 spiro atoms. The number of fused-ring (bicyclic) bond motifs is 6. The molecule has 2 heterocycles. The van der Waals surface area contributed by atoms with Gasteiger partial charge in [-0.05, 0) is 113 Å². The highest BCUT2D eigenvalue weighted by molar-refractivity contribution is 6.12. The molecule has 0 unspecified atom stereocenters. The second-order valence-electron chi connectivity index (χ2n) is 14.6. The number of nitrogens with zero attached hydrogens (tertiary/aromatic N) is 3. The fourth-order valence-electron chi connectivity index (χ4n) is 8.67. The largest absolute Gasteiger partial charge is 0.310 e. The minimum atomic E-state index is 1.09. The van der Waals surface area contributed by atoms with Crippen LogP contribution in [0.25, 0.3) is 77.2 Å². The molecule has 57 heavy (non-hydrogen) atoms. The van der Waals surface area contributed by atoms with Crippen molar-refractivity contribution in [3.8, 4) is 33.6 Å². The summed E-state index contributed by atoms with van der Waals surface area (Å²) in [5.41, 5.74) is 15.2. The normalized spacial score (nSPS) is 11.5. The monoisotopic (exact) mass is 727 g/mol. The van der Waals surface area contributed by atoms with Gasteiger partial charge in [0.15, 0.2) is 0 Å². The Bertz CT molecular complexity index is 3210. The van der Waals surface area contributed by atoms with Crippen LogP contribution in [0.5, 0.6) is 0 Å². The molecule has 268 valence electrons. The van der Waals surface area contributed by atoms with E-state index in [1.165, 1.54) is 71.6 Å². The van der Waals surface area contributed by atoms with Gasteiger partial charge < -0.3 is 14.0 Å². The van der Waals surface area contributed by atoms with E-state index in [0.29, 0.717) is 0 Å². The highest BCUT2D eigenvalue weighted by Crippen LogP contribution is 2.40. The summed E-state index contributed by atoms with van der Waals surface area (Å²) in [6.07, 6.45) is 0. The van der Waals surface area contributed by atoms with E-state index in [0.717, 1.165) is 22.7 Å². The first kappa shape index (κ1) is 32.8. The Balaban J connectivity index is 1.03. The lowest BCUT2D eigenvalue weighted by atomic mass is 10.0. The smallest absolute Gasteiger partial charge is 0.0541 e. The maximum absolute atomic E-state index is 2.41. The average molecular weight is 728 g/mol. The van der Waals surface area contributed by atoms with E-state index in [1.807, 2.05) is 0 Å². The van der Waals surface area contributed by atoms with Crippen molar-refractivity contribution in [2.45, 2.75) is 0 Å². The standard InChI is InChI=1S/C54H37N3/c1-4-15-38(16-5-1)39-27-31-44(32-28-39)55(42-17-6-2-7-18-42)45-21-14-22-46(37-45)57-52-26-13-11-24-48(52)50-36-41(30-34-54(50)57)40-29-33-53-49(35-40)47-23-10-12-25-51(47)56(53)43-19-8-3-9-20-43/h1-37H. The molecule has 0 aliphatic rings. The first-order chi connectivity index (χ1) is 28.3. The van der Waals surface area contributed by atoms with Crippen molar-refractivity contribution in [1.29, 1.82) is 0 Å². The molecule has 11 rings (SSSR count). The van der Waals surface area contributed by atoms with Crippen molar-refractivity contribution in [3.63, 3.8) is 0 Å². The predicted molar refractivity (Wildman–Crippen MR) is 241 cm³/mol. The van der Waals surface area contributed by atoms with Gasteiger partial charge in [0, 0.05) is 50.0 Å². The molecule has 9 aromatic carbocycles. The summed E-state index contributed by atoms with van der Waals surface area (Å²) < 4.78 is 4.79. The molecule has 3 nitrogen and oxygen atoms in total. The molecule has 0 atom stereocenters. The summed E-state index contributed by atoms with van der Waals surface area (Å²) in [5, 5.41) is 4.98. The number of rotatable bonds is 7. The van der Waals surface area contributed by atoms with Gasteiger partial charge in [0.1, 0.15) is 0 Å². The zero-order valence-corrected chi connectivity index (χ0v) is 31.2. The molecular formula is C54H37N3. The van der Waals surface area contributed by atoms with Crippen LogP contribution >= 0.6 is 0 Å². The summed E-state index contributed by atoms with van der Waals surface area (Å²) in [5.74, 6) is 0. The number of aromatic nitrogens is 2. The number of hydrogen-bond acceptors (Lipinski definition) is 1. The highest BCUT2D eigenvalue weighted by atomic mass is 15.1. The summed E-state index contributed by atoms with van der Waals surface area (Å²) in [6, 6.07) is 81.0. The minimum Gasteiger partial charge on any atom is -0.310 e. The van der Waals surface area contributed by atoms with Crippen LogP contribution in [0.3, 0.4) is 0 Å². The summed E-state index contributed by atoms with van der Waals surface area (Å²) in [6.45, 7) is 0. The zero-order valence-electron chi connectivity index (χ0n) is 31.2. The van der Waals surface area contributed by atoms with Gasteiger partial charge in [-0.3, -0.25) is 0 Å². The Morgan fingerprint density at radius 3 is 1.28 bits per heavy atom. The van der Waals surface area contributed by atoms with Gasteiger partial charge in [0.2, 0.25) is 0 Å². The second-order valence-corrected chi connectivity index (χ2v) is 14.6. The van der Waals surface area contributed by atoms with Crippen LogP contribution in [-0.2, 0) is 0 Å². The number of benzene rings is 9. The average Bonchev–Trinajstić information content (AvgIpc) is 3.80. The van der Waals surface area contributed by atoms with Crippen molar-refractivity contribution in [1.82, 2.24) is 9.13 Å². The van der Waals surface area contributed by atoms with Gasteiger partial charge in [-0.25, -0.2) is 0 Å². The topological polar surface area (TPSA) is 13.1 Å². The van der Waals surface area contributed by atoms with E-state index < -0.39 is 0 Å². The summed E-state index contributed by atoms with van der Waals surface area (Å²) >= 11 is 0. The lowest BCUT2D eigenvalue weighted by molar-refractivity contribution is 1.17. The molecule has 0 saturated carbocycles. The minimum absolute atomic E-state index is 1.09. The Hall–Kier alpha value is -7.62. The van der Waals surface area contributed by atoms with Crippen molar-refractivity contribution in [3.05, 3.63) is 224 Å². The van der Waals surface area contributed by atoms with Crippen LogP contribution in [0.2, 0.25) is 0 Å². The fourth-order valence-corrected chi connectivity index (χ4v) is 8.67. The predicted octanol–water partition coefficient (Wildman–Crippen LogP) is 14.7. The van der Waals surface area contributed by atoms with Gasteiger partial charge in [-0.1, -0.05) is 133 Å². The van der Waals surface area contributed by atoms with E-state index in [9.17, 15) is 0 Å². The van der Waals surface area contributed by atoms with Crippen molar-refractivity contribution < 1.29 is 0 Å². The Kier molecular flexibility index (Phi) is 7.82. The third-order valence-corrected chi connectivity index (χ3v) is 11.3. The SMILES string of the molecule is c1ccc(-c2ccc(N(c3ccccc3)c3cccc(-n4c5ccccc5c5cc(-c6ccc7c(c6)c6ccccc6n7-c6ccccc6)ccc54)c3)cc2)cc1. The van der Waals surface area contributed by atoms with Crippen LogP contribution in [-0.4, -0.2) is 9.13 Å². The maximum atomic E-state index is 2.41. The van der Waals surface area contributed by atoms with Gasteiger partial charge in [-0.2, -0.15) is 0 Å². The second kappa shape index (κ2) is 13.6. The van der Waals surface area contributed by atoms with E-state index in [-0.39, 0.29) is 0 Å². The molecule has 11 aromatic rings. The molecule has 0 N–H and O–H groups in total. The first-order valence-corrected chi connectivity index (χ1v) is 19.5. The number of hydrogen-bond donors (Lipinski definition) is 0. The molecule has 2 aromatic heterocycles. The summed E-state index contributed by atoms with van der Waals surface area (Å²) in [7, 11) is 0. The van der Waals surface area contributed by atoms with Crippen molar-refractivity contribution in [2.75, 3.05) is 4.90 Å². The molecule has 0 aliphatic heterocycles. The Labute approximate surface area is 331 Å². The molecule has 0 saturated heterocycles. The van der Waals surface area contributed by atoms with E-state index in [1.54, 1.807) is 0 Å². The van der Waals surface area contributed by atoms with Crippen LogP contribution in [0.15, 0.2) is 224 Å². The molecular weight excluding hydrogens is 691 g/mol. The van der Waals surface area contributed by atoms with Crippen molar-refractivity contribution in [2.24, 2.45) is 0 Å². The Morgan fingerprint density at radius 1 is 0.246 bits per heavy atom. The van der Waals surface area contributed by atoms with Crippen LogP contribution in [0.1, 0.15) is 0 Å². The molecule has 0 radical (unpaired) electrons. The number of para-hydroxylation sites is 4. The molecule has 0 amide bonds. The van der Waals surface area contributed by atoms with Gasteiger partial charge in [0.05, 0.1) is 22.1 Å². The number of anilines is 3. The van der Waals surface area contributed by atoms with Gasteiger partial charge in [-0.15, -0.1) is 0 Å². The zero-order chi connectivity index (χ0) is 37.7. The maximum Gasteiger partial charge on any atom is 0.0541 e. The third kappa shape index (κ3) is 5.60. The van der Waals surface area contributed by atoms with Gasteiger partial charge >= 0.3 is 0 Å². The summed E-state index contributed by atoms with van der Waals surface area (Å²) in [4.78, 5) is 2.34. The fraction of sp³-hybridized carbons (Fsp3) is 0. The Morgan fingerprint density at radius 2 is 0.667 bits per heavy atom. The molecule has 0 bridgehead atoms. The first-order valence-electron chi connectivity index (χ1n) is 19.5. The van der Waals surface area contributed by atoms with E-state index in [2.05, 4.69) is 238 Å².